The first-order chi connectivity index (χ1) is 12.9. The van der Waals surface area contributed by atoms with Gasteiger partial charge < -0.3 is 10.3 Å². The third-order valence-corrected chi connectivity index (χ3v) is 4.87. The molecule has 0 bridgehead atoms. The molecular formula is C19H15BrF2N4O. The lowest BCUT2D eigenvalue weighted by atomic mass is 10.2. The molecule has 2 aromatic carbocycles. The zero-order valence-electron chi connectivity index (χ0n) is 14.2. The average Bonchev–Trinajstić information content (AvgIpc) is 3.22. The number of aromatic nitrogens is 3. The predicted molar refractivity (Wildman–Crippen MR) is 103 cm³/mol. The molecule has 0 radical (unpaired) electrons. The molecule has 0 fully saturated rings. The van der Waals surface area contributed by atoms with Gasteiger partial charge in [0.1, 0.15) is 11.5 Å². The van der Waals surface area contributed by atoms with Crippen LogP contribution in [0.4, 0.5) is 8.78 Å². The Morgan fingerprint density at radius 3 is 2.78 bits per heavy atom. The van der Waals surface area contributed by atoms with Crippen molar-refractivity contribution in [2.45, 2.75) is 19.5 Å². The van der Waals surface area contributed by atoms with E-state index in [9.17, 15) is 13.6 Å². The molecule has 27 heavy (non-hydrogen) atoms. The van der Waals surface area contributed by atoms with Gasteiger partial charge in [0.15, 0.2) is 0 Å². The van der Waals surface area contributed by atoms with E-state index in [-0.39, 0.29) is 11.7 Å². The minimum absolute atomic E-state index is 0.110. The highest BCUT2D eigenvalue weighted by Crippen LogP contribution is 2.27. The van der Waals surface area contributed by atoms with Crippen LogP contribution in [0.25, 0.3) is 21.9 Å². The van der Waals surface area contributed by atoms with Crippen molar-refractivity contribution < 1.29 is 13.6 Å². The molecular weight excluding hydrogens is 418 g/mol. The van der Waals surface area contributed by atoms with Crippen molar-refractivity contribution in [3.05, 3.63) is 64.5 Å². The van der Waals surface area contributed by atoms with Gasteiger partial charge in [-0.3, -0.25) is 9.36 Å². The van der Waals surface area contributed by atoms with Crippen molar-refractivity contribution in [2.75, 3.05) is 0 Å². The molecule has 2 aromatic heterocycles. The SMILES string of the molecule is CC(NC(=O)c1cc2cc(Br)ccc2[nH]1)c1nc2ccccc2n1C(F)F. The number of carbonyl (C=O) groups excluding carboxylic acids is 1. The van der Waals surface area contributed by atoms with Crippen molar-refractivity contribution in [1.82, 2.24) is 19.9 Å². The number of halogens is 3. The lowest BCUT2D eigenvalue weighted by molar-refractivity contribution is 0.0687. The standard InChI is InChI=1S/C19H15BrF2N4O/c1-10(17-25-14-4-2-3-5-16(14)26(17)19(21)22)23-18(27)15-9-11-8-12(20)6-7-13(11)24-15/h2-10,19,24H,1H3,(H,23,27). The number of nitrogens with zero attached hydrogens (tertiary/aromatic N) is 2. The summed E-state index contributed by atoms with van der Waals surface area (Å²) in [6.45, 7) is -1.12. The molecule has 2 heterocycles. The molecule has 8 heteroatoms. The van der Waals surface area contributed by atoms with Crippen LogP contribution >= 0.6 is 15.9 Å². The number of aromatic amines is 1. The van der Waals surface area contributed by atoms with Crippen LogP contribution in [0.3, 0.4) is 0 Å². The van der Waals surface area contributed by atoms with Crippen molar-refractivity contribution in [3.8, 4) is 0 Å². The van der Waals surface area contributed by atoms with Crippen LogP contribution in [-0.2, 0) is 0 Å². The summed E-state index contributed by atoms with van der Waals surface area (Å²) in [5, 5.41) is 3.62. The quantitative estimate of drug-likeness (QED) is 0.467. The van der Waals surface area contributed by atoms with Gasteiger partial charge in [-0.05, 0) is 43.3 Å². The number of para-hydroxylation sites is 2. The molecule has 1 unspecified atom stereocenters. The molecule has 4 aromatic rings. The zero-order valence-corrected chi connectivity index (χ0v) is 15.8. The number of carbonyl (C=O) groups is 1. The van der Waals surface area contributed by atoms with Crippen LogP contribution < -0.4 is 5.32 Å². The summed E-state index contributed by atoms with van der Waals surface area (Å²) in [7, 11) is 0. The van der Waals surface area contributed by atoms with E-state index in [1.807, 2.05) is 18.2 Å². The number of fused-ring (bicyclic) bond motifs is 2. The lowest BCUT2D eigenvalue weighted by Gasteiger charge is -2.15. The summed E-state index contributed by atoms with van der Waals surface area (Å²) in [5.41, 5.74) is 1.97. The Balaban J connectivity index is 1.65. The Bertz CT molecular complexity index is 1150. The predicted octanol–water partition coefficient (Wildman–Crippen LogP) is 5.17. The molecule has 0 spiro atoms. The summed E-state index contributed by atoms with van der Waals surface area (Å²) in [5.74, 6) is -0.277. The van der Waals surface area contributed by atoms with E-state index in [1.165, 1.54) is 0 Å². The largest absolute Gasteiger partial charge is 0.351 e. The lowest BCUT2D eigenvalue weighted by Crippen LogP contribution is -2.29. The van der Waals surface area contributed by atoms with Gasteiger partial charge >= 0.3 is 6.55 Å². The first-order valence-corrected chi connectivity index (χ1v) is 9.07. The van der Waals surface area contributed by atoms with Gasteiger partial charge in [-0.1, -0.05) is 28.1 Å². The fourth-order valence-electron chi connectivity index (χ4n) is 3.14. The minimum Gasteiger partial charge on any atom is -0.351 e. The maximum absolute atomic E-state index is 13.6. The van der Waals surface area contributed by atoms with Crippen LogP contribution in [-0.4, -0.2) is 20.4 Å². The van der Waals surface area contributed by atoms with Crippen molar-refractivity contribution in [2.24, 2.45) is 0 Å². The van der Waals surface area contributed by atoms with Gasteiger partial charge in [-0.25, -0.2) is 4.98 Å². The highest BCUT2D eigenvalue weighted by molar-refractivity contribution is 9.10. The van der Waals surface area contributed by atoms with Gasteiger partial charge in [0.25, 0.3) is 5.91 Å². The number of alkyl halides is 2. The maximum atomic E-state index is 13.6. The number of nitrogens with one attached hydrogen (secondary N) is 2. The molecule has 0 aliphatic carbocycles. The van der Waals surface area contributed by atoms with Gasteiger partial charge in [0.05, 0.1) is 17.1 Å². The minimum atomic E-state index is -2.75. The van der Waals surface area contributed by atoms with E-state index in [1.54, 1.807) is 37.3 Å². The second-order valence-corrected chi connectivity index (χ2v) is 7.13. The van der Waals surface area contributed by atoms with Gasteiger partial charge in [0, 0.05) is 15.4 Å². The summed E-state index contributed by atoms with van der Waals surface area (Å²) >= 11 is 3.39. The molecule has 0 saturated carbocycles. The summed E-state index contributed by atoms with van der Waals surface area (Å²) in [6.07, 6.45) is 0. The highest BCUT2D eigenvalue weighted by atomic mass is 79.9. The number of hydrogen-bond acceptors (Lipinski definition) is 2. The number of hydrogen-bond donors (Lipinski definition) is 2. The summed E-state index contributed by atoms with van der Waals surface area (Å²) in [6, 6.07) is 13.3. The van der Waals surface area contributed by atoms with E-state index in [2.05, 4.69) is 31.2 Å². The molecule has 1 atom stereocenters. The van der Waals surface area contributed by atoms with Crippen molar-refractivity contribution in [1.29, 1.82) is 0 Å². The number of imidazole rings is 1. The molecule has 138 valence electrons. The van der Waals surface area contributed by atoms with E-state index >= 15 is 0 Å². The molecule has 1 amide bonds. The molecule has 0 aliphatic heterocycles. The fourth-order valence-corrected chi connectivity index (χ4v) is 3.52. The Hall–Kier alpha value is -2.74. The highest BCUT2D eigenvalue weighted by Gasteiger charge is 2.23. The van der Waals surface area contributed by atoms with Gasteiger partial charge in [0.2, 0.25) is 0 Å². The molecule has 2 N–H and O–H groups in total. The fraction of sp³-hybridized carbons (Fsp3) is 0.158. The Morgan fingerprint density at radius 2 is 2.00 bits per heavy atom. The average molecular weight is 433 g/mol. The Labute approximate surface area is 161 Å². The van der Waals surface area contributed by atoms with E-state index < -0.39 is 12.6 Å². The number of rotatable bonds is 4. The van der Waals surface area contributed by atoms with Crippen LogP contribution in [0, 0.1) is 0 Å². The summed E-state index contributed by atoms with van der Waals surface area (Å²) in [4.78, 5) is 19.9. The second kappa shape index (κ2) is 6.77. The summed E-state index contributed by atoms with van der Waals surface area (Å²) < 4.78 is 28.9. The van der Waals surface area contributed by atoms with E-state index in [0.29, 0.717) is 16.7 Å². The Morgan fingerprint density at radius 1 is 1.22 bits per heavy atom. The molecule has 0 saturated heterocycles. The second-order valence-electron chi connectivity index (χ2n) is 6.22. The Kier molecular flexibility index (Phi) is 4.43. The van der Waals surface area contributed by atoms with Crippen LogP contribution in [0.5, 0.6) is 0 Å². The topological polar surface area (TPSA) is 62.7 Å². The van der Waals surface area contributed by atoms with Crippen molar-refractivity contribution in [3.63, 3.8) is 0 Å². The van der Waals surface area contributed by atoms with E-state index in [4.69, 9.17) is 0 Å². The third kappa shape index (κ3) is 3.21. The van der Waals surface area contributed by atoms with Gasteiger partial charge in [-0.15, -0.1) is 0 Å². The van der Waals surface area contributed by atoms with E-state index in [0.717, 1.165) is 19.9 Å². The van der Waals surface area contributed by atoms with Crippen LogP contribution in [0.1, 0.15) is 35.8 Å². The molecule has 4 rings (SSSR count). The number of amides is 1. The maximum Gasteiger partial charge on any atom is 0.320 e. The van der Waals surface area contributed by atoms with Crippen molar-refractivity contribution >= 4 is 43.8 Å². The van der Waals surface area contributed by atoms with Gasteiger partial charge in [-0.2, -0.15) is 8.78 Å². The zero-order chi connectivity index (χ0) is 19.1. The first-order valence-electron chi connectivity index (χ1n) is 8.28. The monoisotopic (exact) mass is 432 g/mol. The molecule has 0 aliphatic rings. The first kappa shape index (κ1) is 17.7. The van der Waals surface area contributed by atoms with Crippen LogP contribution in [0.2, 0.25) is 0 Å². The number of benzene rings is 2. The smallest absolute Gasteiger partial charge is 0.320 e. The normalized spacial score (nSPS) is 12.8. The van der Waals surface area contributed by atoms with Crippen LogP contribution in [0.15, 0.2) is 53.0 Å². The molecule has 5 nitrogen and oxygen atoms in total. The number of H-pyrrole nitrogens is 1. The third-order valence-electron chi connectivity index (χ3n) is 4.38.